The van der Waals surface area contributed by atoms with Crippen LogP contribution in [0.1, 0.15) is 43.6 Å². The summed E-state index contributed by atoms with van der Waals surface area (Å²) >= 11 is 0. The van der Waals surface area contributed by atoms with Gasteiger partial charge in [0.1, 0.15) is 11.6 Å². The number of para-hydroxylation sites is 1. The molecule has 37 heavy (non-hydrogen) atoms. The number of rotatable bonds is 8. The van der Waals surface area contributed by atoms with Crippen molar-refractivity contribution in [2.45, 2.75) is 50.2 Å². The standard InChI is InChI=1S/C27H36FN3O5S/c1-30(2)37(33,34)29-26-15-16-31(27(32)36-25-9-4-3-5-10-25)18-22(26)19-35-24-13-11-20(12-14-24)21-7-6-8-23(28)17-21/h3-10,17,20,22,24,26,29H,11-16,18-19H2,1-2H3/t20?,22-,24?,26-/m0/s1. The number of halogens is 1. The highest BCUT2D eigenvalue weighted by atomic mass is 32.2. The molecule has 1 saturated carbocycles. The average Bonchev–Trinajstić information content (AvgIpc) is 2.88. The second-order valence-corrected chi connectivity index (χ2v) is 12.0. The van der Waals surface area contributed by atoms with Gasteiger partial charge in [0.05, 0.1) is 12.7 Å². The maximum absolute atomic E-state index is 13.6. The summed E-state index contributed by atoms with van der Waals surface area (Å²) in [7, 11) is -0.672. The number of benzene rings is 2. The van der Waals surface area contributed by atoms with Crippen LogP contribution in [0.5, 0.6) is 5.75 Å². The van der Waals surface area contributed by atoms with Crippen molar-refractivity contribution in [2.75, 3.05) is 33.8 Å². The summed E-state index contributed by atoms with van der Waals surface area (Å²) in [6.07, 6.45) is 3.56. The second kappa shape index (κ2) is 12.3. The van der Waals surface area contributed by atoms with Gasteiger partial charge in [-0.25, -0.2) is 9.18 Å². The molecule has 8 nitrogen and oxygen atoms in total. The van der Waals surface area contributed by atoms with Gasteiger partial charge in [0.2, 0.25) is 0 Å². The predicted molar refractivity (Wildman–Crippen MR) is 139 cm³/mol. The van der Waals surface area contributed by atoms with Crippen LogP contribution in [0.15, 0.2) is 54.6 Å². The molecule has 0 spiro atoms. The SMILES string of the molecule is CN(C)S(=O)(=O)N[C@H]1CCN(C(=O)Oc2ccccc2)C[C@H]1COC1CCC(c2cccc(F)c2)CC1. The van der Waals surface area contributed by atoms with E-state index >= 15 is 0 Å². The van der Waals surface area contributed by atoms with Gasteiger partial charge in [-0.2, -0.15) is 17.4 Å². The maximum atomic E-state index is 13.6. The fourth-order valence-electron chi connectivity index (χ4n) is 5.06. The molecule has 2 atom stereocenters. The minimum atomic E-state index is -3.64. The van der Waals surface area contributed by atoms with Gasteiger partial charge >= 0.3 is 6.09 Å². The van der Waals surface area contributed by atoms with Gasteiger partial charge in [0.25, 0.3) is 10.2 Å². The summed E-state index contributed by atoms with van der Waals surface area (Å²) in [5.74, 6) is 0.335. The van der Waals surface area contributed by atoms with Crippen LogP contribution in [0.2, 0.25) is 0 Å². The fourth-order valence-corrected chi connectivity index (χ4v) is 5.96. The van der Waals surface area contributed by atoms with E-state index in [9.17, 15) is 17.6 Å². The monoisotopic (exact) mass is 533 g/mol. The lowest BCUT2D eigenvalue weighted by Gasteiger charge is -2.39. The van der Waals surface area contributed by atoms with Gasteiger partial charge in [-0.1, -0.05) is 30.3 Å². The molecule has 1 heterocycles. The number of nitrogens with zero attached hydrogens (tertiary/aromatic N) is 2. The highest BCUT2D eigenvalue weighted by molar-refractivity contribution is 7.87. The molecule has 2 aromatic rings. The third kappa shape index (κ3) is 7.50. The smallest absolute Gasteiger partial charge is 0.410 e. The zero-order valence-electron chi connectivity index (χ0n) is 21.4. The molecule has 2 aromatic carbocycles. The van der Waals surface area contributed by atoms with E-state index in [1.165, 1.54) is 20.2 Å². The molecule has 0 bridgehead atoms. The molecule has 1 amide bonds. The molecule has 202 valence electrons. The van der Waals surface area contributed by atoms with Crippen molar-refractivity contribution in [3.8, 4) is 5.75 Å². The molecule has 4 rings (SSSR count). The van der Waals surface area contributed by atoms with Crippen LogP contribution in [0, 0.1) is 11.7 Å². The first-order valence-electron chi connectivity index (χ1n) is 12.8. The van der Waals surface area contributed by atoms with Crippen LogP contribution in [0.25, 0.3) is 0 Å². The second-order valence-electron chi connectivity index (χ2n) is 10.0. The van der Waals surface area contributed by atoms with E-state index in [0.29, 0.717) is 37.8 Å². The van der Waals surface area contributed by atoms with E-state index < -0.39 is 16.3 Å². The molecule has 1 aliphatic heterocycles. The third-order valence-corrected chi connectivity index (χ3v) is 8.82. The van der Waals surface area contributed by atoms with E-state index in [-0.39, 0.29) is 23.9 Å². The average molecular weight is 534 g/mol. The van der Waals surface area contributed by atoms with E-state index in [1.807, 2.05) is 12.1 Å². The Morgan fingerprint density at radius 3 is 2.46 bits per heavy atom. The Morgan fingerprint density at radius 2 is 1.78 bits per heavy atom. The van der Waals surface area contributed by atoms with Crippen LogP contribution in [0.3, 0.4) is 0 Å². The number of hydrogen-bond acceptors (Lipinski definition) is 5. The number of carbonyl (C=O) groups is 1. The molecule has 0 radical (unpaired) electrons. The number of piperidine rings is 1. The van der Waals surface area contributed by atoms with E-state index in [0.717, 1.165) is 35.6 Å². The van der Waals surface area contributed by atoms with Crippen LogP contribution < -0.4 is 9.46 Å². The fraction of sp³-hybridized carbons (Fsp3) is 0.519. The molecule has 0 unspecified atom stereocenters. The highest BCUT2D eigenvalue weighted by Gasteiger charge is 2.36. The van der Waals surface area contributed by atoms with E-state index in [4.69, 9.17) is 9.47 Å². The lowest BCUT2D eigenvalue weighted by Crippen LogP contribution is -2.55. The molecule has 2 fully saturated rings. The van der Waals surface area contributed by atoms with Gasteiger partial charge in [0, 0.05) is 39.1 Å². The van der Waals surface area contributed by atoms with Crippen LogP contribution in [-0.2, 0) is 14.9 Å². The highest BCUT2D eigenvalue weighted by Crippen LogP contribution is 2.34. The maximum Gasteiger partial charge on any atom is 0.415 e. The number of amides is 1. The van der Waals surface area contributed by atoms with Crippen molar-refractivity contribution in [1.29, 1.82) is 0 Å². The van der Waals surface area contributed by atoms with Crippen molar-refractivity contribution < 1.29 is 27.1 Å². The molecular formula is C27H36FN3O5S. The Morgan fingerprint density at radius 1 is 1.05 bits per heavy atom. The Kier molecular flexibility index (Phi) is 9.17. The van der Waals surface area contributed by atoms with Crippen molar-refractivity contribution in [2.24, 2.45) is 5.92 Å². The van der Waals surface area contributed by atoms with Crippen LogP contribution in [-0.4, -0.2) is 69.7 Å². The van der Waals surface area contributed by atoms with Gasteiger partial charge < -0.3 is 14.4 Å². The lowest BCUT2D eigenvalue weighted by atomic mass is 9.82. The number of carbonyl (C=O) groups excluding carboxylic acids is 1. The number of hydrogen-bond donors (Lipinski definition) is 1. The summed E-state index contributed by atoms with van der Waals surface area (Å²) in [5, 5.41) is 0. The quantitative estimate of drug-likeness (QED) is 0.551. The Hall–Kier alpha value is -2.53. The first kappa shape index (κ1) is 27.5. The number of likely N-dealkylation sites (tertiary alicyclic amines) is 1. The number of ether oxygens (including phenoxy) is 2. The summed E-state index contributed by atoms with van der Waals surface area (Å²) < 4.78 is 54.4. The van der Waals surface area contributed by atoms with Crippen molar-refractivity contribution >= 4 is 16.3 Å². The summed E-state index contributed by atoms with van der Waals surface area (Å²) in [5.41, 5.74) is 1.02. The zero-order chi connectivity index (χ0) is 26.4. The molecule has 0 aromatic heterocycles. The van der Waals surface area contributed by atoms with Gasteiger partial charge in [-0.15, -0.1) is 0 Å². The molecule has 1 N–H and O–H groups in total. The van der Waals surface area contributed by atoms with Crippen LogP contribution >= 0.6 is 0 Å². The topological polar surface area (TPSA) is 88.2 Å². The van der Waals surface area contributed by atoms with Crippen molar-refractivity contribution in [1.82, 2.24) is 13.9 Å². The predicted octanol–water partition coefficient (Wildman–Crippen LogP) is 4.15. The summed E-state index contributed by atoms with van der Waals surface area (Å²) in [6, 6.07) is 15.3. The Balaban J connectivity index is 1.36. The van der Waals surface area contributed by atoms with Crippen LogP contribution in [0.4, 0.5) is 9.18 Å². The van der Waals surface area contributed by atoms with Gasteiger partial charge in [-0.3, -0.25) is 0 Å². The third-order valence-electron chi connectivity index (χ3n) is 7.26. The summed E-state index contributed by atoms with van der Waals surface area (Å²) in [4.78, 5) is 14.4. The minimum absolute atomic E-state index is 0.0440. The Labute approximate surface area is 218 Å². The van der Waals surface area contributed by atoms with Gasteiger partial charge in [0.15, 0.2) is 0 Å². The largest absolute Gasteiger partial charge is 0.415 e. The zero-order valence-corrected chi connectivity index (χ0v) is 22.2. The van der Waals surface area contributed by atoms with Gasteiger partial charge in [-0.05, 0) is 67.9 Å². The van der Waals surface area contributed by atoms with E-state index in [1.54, 1.807) is 41.3 Å². The van der Waals surface area contributed by atoms with E-state index in [2.05, 4.69) is 4.72 Å². The molecule has 1 aliphatic carbocycles. The number of nitrogens with one attached hydrogen (secondary N) is 1. The first-order chi connectivity index (χ1) is 17.7. The molecular weight excluding hydrogens is 497 g/mol. The normalized spacial score (nSPS) is 24.7. The minimum Gasteiger partial charge on any atom is -0.410 e. The molecule has 1 saturated heterocycles. The van der Waals surface area contributed by atoms with Crippen molar-refractivity contribution in [3.05, 3.63) is 66.0 Å². The Bertz CT molecular complexity index is 1140. The molecule has 10 heteroatoms. The summed E-state index contributed by atoms with van der Waals surface area (Å²) in [6.45, 7) is 1.03. The molecule has 2 aliphatic rings. The lowest BCUT2D eigenvalue weighted by molar-refractivity contribution is -0.0146. The first-order valence-corrected chi connectivity index (χ1v) is 14.2. The van der Waals surface area contributed by atoms with Crippen molar-refractivity contribution in [3.63, 3.8) is 0 Å².